The number of hydrogen-bond donors (Lipinski definition) is 0. The number of hydrogen-bond acceptors (Lipinski definition) is 4. The van der Waals surface area contributed by atoms with Crippen molar-refractivity contribution in [3.8, 4) is 0 Å². The van der Waals surface area contributed by atoms with Crippen LogP contribution in [-0.2, 0) is 19.1 Å². The molecule has 4 heteroatoms. The summed E-state index contributed by atoms with van der Waals surface area (Å²) in [6.07, 6.45) is 15.5. The van der Waals surface area contributed by atoms with E-state index in [1.807, 2.05) is 6.08 Å². The third-order valence-electron chi connectivity index (χ3n) is 5.31. The molecule has 2 aliphatic rings. The van der Waals surface area contributed by atoms with E-state index in [-0.39, 0.29) is 35.8 Å². The van der Waals surface area contributed by atoms with Crippen molar-refractivity contribution >= 4 is 11.8 Å². The summed E-state index contributed by atoms with van der Waals surface area (Å²) in [5, 5.41) is 0. The molecule has 4 nitrogen and oxygen atoms in total. The van der Waals surface area contributed by atoms with Crippen LogP contribution in [0.25, 0.3) is 0 Å². The molecule has 2 rings (SSSR count). The molecule has 0 saturated heterocycles. The predicted molar refractivity (Wildman–Crippen MR) is 98.2 cm³/mol. The zero-order chi connectivity index (χ0) is 18.1. The van der Waals surface area contributed by atoms with Crippen molar-refractivity contribution in [2.75, 3.05) is 7.11 Å². The predicted octanol–water partition coefficient (Wildman–Crippen LogP) is 4.39. The lowest BCUT2D eigenvalue weighted by atomic mass is 9.89. The first-order valence-electron chi connectivity index (χ1n) is 9.74. The van der Waals surface area contributed by atoms with Crippen LogP contribution in [0.3, 0.4) is 0 Å². The van der Waals surface area contributed by atoms with Crippen molar-refractivity contribution in [1.82, 2.24) is 0 Å². The van der Waals surface area contributed by atoms with Crippen LogP contribution in [0, 0.1) is 11.8 Å². The Balaban J connectivity index is 2.06. The second kappa shape index (κ2) is 10.5. The maximum atomic E-state index is 12.1. The third-order valence-corrected chi connectivity index (χ3v) is 5.31. The molecule has 0 unspecified atom stereocenters. The van der Waals surface area contributed by atoms with Gasteiger partial charge in [0.2, 0.25) is 0 Å². The van der Waals surface area contributed by atoms with E-state index in [1.165, 1.54) is 0 Å². The number of methoxy groups -OCH3 is 1. The summed E-state index contributed by atoms with van der Waals surface area (Å²) in [7, 11) is 1.70. The van der Waals surface area contributed by atoms with Gasteiger partial charge in [0.25, 0.3) is 0 Å². The number of ether oxygens (including phenoxy) is 2. The number of carbonyl (C=O) groups excluding carboxylic acids is 2. The number of ketones is 1. The first-order valence-corrected chi connectivity index (χ1v) is 9.74. The molecule has 0 bridgehead atoms. The average Bonchev–Trinajstić information content (AvgIpc) is 2.93. The van der Waals surface area contributed by atoms with Crippen LogP contribution in [0.1, 0.15) is 64.7 Å². The van der Waals surface area contributed by atoms with Gasteiger partial charge in [-0.2, -0.15) is 0 Å². The SMILES string of the molecule is CCCCCC(=O)/C=C/[C@@H]1[C@H]2C/C=C\CCCC(=O)O[C@H]2C[C@H]1OC. The molecule has 0 spiro atoms. The summed E-state index contributed by atoms with van der Waals surface area (Å²) in [6.45, 7) is 2.14. The molecular weight excluding hydrogens is 316 g/mol. The zero-order valence-electron chi connectivity index (χ0n) is 15.6. The van der Waals surface area contributed by atoms with Gasteiger partial charge in [0.1, 0.15) is 6.10 Å². The number of carbonyl (C=O) groups is 2. The van der Waals surface area contributed by atoms with Gasteiger partial charge in [0.15, 0.2) is 5.78 Å². The van der Waals surface area contributed by atoms with Crippen molar-refractivity contribution < 1.29 is 19.1 Å². The average molecular weight is 348 g/mol. The van der Waals surface area contributed by atoms with E-state index in [4.69, 9.17) is 9.47 Å². The van der Waals surface area contributed by atoms with Crippen LogP contribution in [0.5, 0.6) is 0 Å². The third kappa shape index (κ3) is 6.10. The molecule has 140 valence electrons. The molecule has 1 heterocycles. The Morgan fingerprint density at radius 3 is 2.96 bits per heavy atom. The molecule has 0 aromatic carbocycles. The highest BCUT2D eigenvalue weighted by Crippen LogP contribution is 2.40. The van der Waals surface area contributed by atoms with Crippen LogP contribution in [0.15, 0.2) is 24.3 Å². The van der Waals surface area contributed by atoms with E-state index in [2.05, 4.69) is 19.1 Å². The Bertz CT molecular complexity index is 494. The normalized spacial score (nSPS) is 31.5. The minimum Gasteiger partial charge on any atom is -0.462 e. The molecule has 4 atom stereocenters. The molecule has 25 heavy (non-hydrogen) atoms. The summed E-state index contributed by atoms with van der Waals surface area (Å²) < 4.78 is 11.4. The van der Waals surface area contributed by atoms with Gasteiger partial charge in [-0.1, -0.05) is 38.0 Å². The Labute approximate surface area is 151 Å². The van der Waals surface area contributed by atoms with Crippen LogP contribution in [0.2, 0.25) is 0 Å². The lowest BCUT2D eigenvalue weighted by molar-refractivity contribution is -0.151. The molecule has 1 fully saturated rings. The second-order valence-corrected chi connectivity index (χ2v) is 7.16. The fraction of sp³-hybridized carbons (Fsp3) is 0.714. The molecule has 0 aromatic rings. The lowest BCUT2D eigenvalue weighted by Gasteiger charge is -2.23. The first-order chi connectivity index (χ1) is 12.2. The topological polar surface area (TPSA) is 52.6 Å². The minimum atomic E-state index is -0.120. The van der Waals surface area contributed by atoms with Crippen molar-refractivity contribution in [2.45, 2.75) is 76.9 Å². The highest BCUT2D eigenvalue weighted by Gasteiger charge is 2.43. The van der Waals surface area contributed by atoms with Gasteiger partial charge in [-0.05, 0) is 31.8 Å². The van der Waals surface area contributed by atoms with E-state index in [9.17, 15) is 9.59 Å². The summed E-state index contributed by atoms with van der Waals surface area (Å²) in [6, 6.07) is 0. The quantitative estimate of drug-likeness (QED) is 0.296. The molecule has 1 saturated carbocycles. The Kier molecular flexibility index (Phi) is 8.39. The van der Waals surface area contributed by atoms with Gasteiger partial charge in [-0.15, -0.1) is 0 Å². The number of allylic oxidation sites excluding steroid dienone is 3. The fourth-order valence-corrected chi connectivity index (χ4v) is 3.86. The van der Waals surface area contributed by atoms with Crippen LogP contribution < -0.4 is 0 Å². The number of unbranched alkanes of at least 4 members (excludes halogenated alkanes) is 2. The maximum Gasteiger partial charge on any atom is 0.306 e. The van der Waals surface area contributed by atoms with Gasteiger partial charge >= 0.3 is 5.97 Å². The molecule has 1 aliphatic carbocycles. The molecule has 0 N–H and O–H groups in total. The van der Waals surface area contributed by atoms with Crippen LogP contribution in [0.4, 0.5) is 0 Å². The van der Waals surface area contributed by atoms with E-state index in [1.54, 1.807) is 13.2 Å². The monoisotopic (exact) mass is 348 g/mol. The number of rotatable bonds is 7. The van der Waals surface area contributed by atoms with E-state index in [0.717, 1.165) is 38.5 Å². The Morgan fingerprint density at radius 1 is 1.36 bits per heavy atom. The smallest absolute Gasteiger partial charge is 0.306 e. The summed E-state index contributed by atoms with van der Waals surface area (Å²) >= 11 is 0. The first kappa shape index (κ1) is 19.9. The van der Waals surface area contributed by atoms with E-state index >= 15 is 0 Å². The molecular formula is C21H32O4. The van der Waals surface area contributed by atoms with Gasteiger partial charge in [0.05, 0.1) is 6.10 Å². The minimum absolute atomic E-state index is 0.00311. The fourth-order valence-electron chi connectivity index (χ4n) is 3.86. The summed E-state index contributed by atoms with van der Waals surface area (Å²) in [5.41, 5.74) is 0. The van der Waals surface area contributed by atoms with Crippen molar-refractivity contribution in [2.24, 2.45) is 11.8 Å². The maximum absolute atomic E-state index is 12.1. The van der Waals surface area contributed by atoms with Crippen LogP contribution >= 0.6 is 0 Å². The Morgan fingerprint density at radius 2 is 2.20 bits per heavy atom. The van der Waals surface area contributed by atoms with Gasteiger partial charge < -0.3 is 9.47 Å². The lowest BCUT2D eigenvalue weighted by Crippen LogP contribution is -2.25. The largest absolute Gasteiger partial charge is 0.462 e. The van der Waals surface area contributed by atoms with Crippen molar-refractivity contribution in [1.29, 1.82) is 0 Å². The highest BCUT2D eigenvalue weighted by atomic mass is 16.5. The zero-order valence-corrected chi connectivity index (χ0v) is 15.6. The Hall–Kier alpha value is -1.42. The number of esters is 1. The molecule has 0 radical (unpaired) electrons. The van der Waals surface area contributed by atoms with Gasteiger partial charge in [0, 0.05) is 38.2 Å². The van der Waals surface area contributed by atoms with E-state index < -0.39 is 0 Å². The summed E-state index contributed by atoms with van der Waals surface area (Å²) in [5.74, 6) is 0.365. The van der Waals surface area contributed by atoms with Gasteiger partial charge in [-0.25, -0.2) is 0 Å². The van der Waals surface area contributed by atoms with Crippen LogP contribution in [-0.4, -0.2) is 31.1 Å². The highest BCUT2D eigenvalue weighted by molar-refractivity contribution is 5.89. The van der Waals surface area contributed by atoms with E-state index in [0.29, 0.717) is 19.3 Å². The standard InChI is InChI=1S/C21H32O4/c1-3-4-7-10-16(22)13-14-18-17-11-8-5-6-9-12-21(23)25-20(17)15-19(18)24-2/h5,8,13-14,17-20H,3-4,6-7,9-12,15H2,1-2H3/b8-5-,14-13+/t17-,18-,19-,20+/m1/s1. The number of fused-ring (bicyclic) bond motifs is 1. The molecule has 1 aliphatic heterocycles. The second-order valence-electron chi connectivity index (χ2n) is 7.16. The van der Waals surface area contributed by atoms with Crippen molar-refractivity contribution in [3.05, 3.63) is 24.3 Å². The summed E-state index contributed by atoms with van der Waals surface area (Å²) in [4.78, 5) is 24.1. The molecule has 0 aromatic heterocycles. The van der Waals surface area contributed by atoms with Gasteiger partial charge in [-0.3, -0.25) is 9.59 Å². The molecule has 0 amide bonds. The van der Waals surface area contributed by atoms with Crippen molar-refractivity contribution in [3.63, 3.8) is 0 Å².